The van der Waals surface area contributed by atoms with E-state index in [2.05, 4.69) is 5.32 Å². The Morgan fingerprint density at radius 2 is 1.96 bits per heavy atom. The van der Waals surface area contributed by atoms with Gasteiger partial charge >= 0.3 is 12.0 Å². The Labute approximate surface area is 140 Å². The summed E-state index contributed by atoms with van der Waals surface area (Å²) in [5.41, 5.74) is 0.907. The summed E-state index contributed by atoms with van der Waals surface area (Å²) >= 11 is 5.89. The number of ether oxygens (including phenoxy) is 1. The normalized spacial score (nSPS) is 16.9. The molecule has 1 saturated heterocycles. The van der Waals surface area contributed by atoms with Crippen LogP contribution in [0.25, 0.3) is 0 Å². The van der Waals surface area contributed by atoms with Gasteiger partial charge in [-0.15, -0.1) is 0 Å². The number of piperidine rings is 1. The zero-order chi connectivity index (χ0) is 16.8. The number of carboxylic acid groups (broad SMARTS) is 1. The van der Waals surface area contributed by atoms with Crippen molar-refractivity contribution in [2.24, 2.45) is 5.92 Å². The predicted molar refractivity (Wildman–Crippen MR) is 86.5 cm³/mol. The molecule has 0 spiro atoms. The maximum atomic E-state index is 12.4. The minimum atomic E-state index is -0.788. The molecule has 0 saturated carbocycles. The monoisotopic (exact) mass is 340 g/mol. The Balaban J connectivity index is 1.96. The van der Waals surface area contributed by atoms with Crippen molar-refractivity contribution in [3.63, 3.8) is 0 Å². The number of carbonyl (C=O) groups is 2. The van der Waals surface area contributed by atoms with Gasteiger partial charge in [0.2, 0.25) is 0 Å². The number of carbonyl (C=O) groups excluding carboxylic acids is 1. The van der Waals surface area contributed by atoms with E-state index in [1.807, 2.05) is 12.1 Å². The van der Waals surface area contributed by atoms with Crippen LogP contribution in [0.4, 0.5) is 4.79 Å². The van der Waals surface area contributed by atoms with Gasteiger partial charge in [0.05, 0.1) is 18.6 Å². The second kappa shape index (κ2) is 8.17. The first-order valence-corrected chi connectivity index (χ1v) is 7.91. The highest BCUT2D eigenvalue weighted by Crippen LogP contribution is 2.20. The molecule has 1 aliphatic rings. The van der Waals surface area contributed by atoms with Crippen LogP contribution in [-0.4, -0.2) is 48.8 Å². The zero-order valence-corrected chi connectivity index (χ0v) is 13.8. The quantitative estimate of drug-likeness (QED) is 0.863. The zero-order valence-electron chi connectivity index (χ0n) is 13.0. The maximum absolute atomic E-state index is 12.4. The molecule has 2 amide bonds. The second-order valence-corrected chi connectivity index (χ2v) is 6.04. The average Bonchev–Trinajstić information content (AvgIpc) is 2.55. The fourth-order valence-electron chi connectivity index (χ4n) is 2.65. The largest absolute Gasteiger partial charge is 0.481 e. The standard InChI is InChI=1S/C16H21ClN2O4/c1-23-10-14(11-2-4-13(17)5-3-11)18-16(22)19-8-6-12(7-9-19)15(20)21/h2-5,12,14H,6-10H2,1H3,(H,18,22)(H,20,21). The summed E-state index contributed by atoms with van der Waals surface area (Å²) in [7, 11) is 1.58. The van der Waals surface area contributed by atoms with Crippen LogP contribution in [-0.2, 0) is 9.53 Å². The van der Waals surface area contributed by atoms with Crippen LogP contribution < -0.4 is 5.32 Å². The van der Waals surface area contributed by atoms with Crippen molar-refractivity contribution in [2.75, 3.05) is 26.8 Å². The molecular formula is C16H21ClN2O4. The minimum Gasteiger partial charge on any atom is -0.481 e. The summed E-state index contributed by atoms with van der Waals surface area (Å²) in [6, 6.07) is 6.76. The van der Waals surface area contributed by atoms with E-state index in [1.54, 1.807) is 24.1 Å². The van der Waals surface area contributed by atoms with Gasteiger partial charge in [-0.05, 0) is 30.5 Å². The Bertz CT molecular complexity index is 542. The molecule has 1 aliphatic heterocycles. The van der Waals surface area contributed by atoms with Gasteiger partial charge in [-0.1, -0.05) is 23.7 Å². The first-order chi connectivity index (χ1) is 11.0. The summed E-state index contributed by atoms with van der Waals surface area (Å²) in [5.74, 6) is -1.14. The van der Waals surface area contributed by atoms with Gasteiger partial charge in [-0.25, -0.2) is 4.79 Å². The van der Waals surface area contributed by atoms with Crippen LogP contribution in [0.1, 0.15) is 24.4 Å². The van der Waals surface area contributed by atoms with E-state index >= 15 is 0 Å². The fraction of sp³-hybridized carbons (Fsp3) is 0.500. The van der Waals surface area contributed by atoms with E-state index in [0.29, 0.717) is 37.6 Å². The molecule has 1 unspecified atom stereocenters. The van der Waals surface area contributed by atoms with Crippen molar-refractivity contribution < 1.29 is 19.4 Å². The molecule has 6 nitrogen and oxygen atoms in total. The lowest BCUT2D eigenvalue weighted by Gasteiger charge is -2.31. The van der Waals surface area contributed by atoms with E-state index in [0.717, 1.165) is 5.56 Å². The number of nitrogens with zero attached hydrogens (tertiary/aromatic N) is 1. The van der Waals surface area contributed by atoms with Crippen molar-refractivity contribution in [3.8, 4) is 0 Å². The molecule has 0 bridgehead atoms. The summed E-state index contributed by atoms with van der Waals surface area (Å²) in [4.78, 5) is 25.0. The number of benzene rings is 1. The highest BCUT2D eigenvalue weighted by molar-refractivity contribution is 6.30. The Kier molecular flexibility index (Phi) is 6.24. The molecule has 0 aromatic heterocycles. The van der Waals surface area contributed by atoms with Crippen molar-refractivity contribution in [1.82, 2.24) is 10.2 Å². The number of hydrogen-bond acceptors (Lipinski definition) is 3. The number of rotatable bonds is 5. The first-order valence-electron chi connectivity index (χ1n) is 7.54. The molecule has 1 aromatic rings. The molecule has 2 rings (SSSR count). The minimum absolute atomic E-state index is 0.203. The van der Waals surface area contributed by atoms with Gasteiger partial charge in [0, 0.05) is 25.2 Å². The van der Waals surface area contributed by atoms with Crippen LogP contribution >= 0.6 is 11.6 Å². The molecule has 1 heterocycles. The van der Waals surface area contributed by atoms with Crippen molar-refractivity contribution in [2.45, 2.75) is 18.9 Å². The highest BCUT2D eigenvalue weighted by atomic mass is 35.5. The lowest BCUT2D eigenvalue weighted by molar-refractivity contribution is -0.143. The number of urea groups is 1. The van der Waals surface area contributed by atoms with Crippen LogP contribution in [0.2, 0.25) is 5.02 Å². The van der Waals surface area contributed by atoms with E-state index in [1.165, 1.54) is 0 Å². The molecule has 1 fully saturated rings. The molecular weight excluding hydrogens is 320 g/mol. The van der Waals surface area contributed by atoms with Gasteiger partial charge in [0.1, 0.15) is 0 Å². The van der Waals surface area contributed by atoms with Crippen molar-refractivity contribution in [3.05, 3.63) is 34.9 Å². The van der Waals surface area contributed by atoms with E-state index in [-0.39, 0.29) is 18.0 Å². The molecule has 1 atom stereocenters. The van der Waals surface area contributed by atoms with Crippen molar-refractivity contribution in [1.29, 1.82) is 0 Å². The van der Waals surface area contributed by atoms with Gasteiger partial charge in [-0.2, -0.15) is 0 Å². The van der Waals surface area contributed by atoms with E-state index in [4.69, 9.17) is 21.4 Å². The molecule has 2 N–H and O–H groups in total. The molecule has 0 aliphatic carbocycles. The van der Waals surface area contributed by atoms with Crippen LogP contribution in [0.15, 0.2) is 24.3 Å². The second-order valence-electron chi connectivity index (χ2n) is 5.61. The van der Waals surface area contributed by atoms with Gasteiger partial charge < -0.3 is 20.1 Å². The number of likely N-dealkylation sites (tertiary alicyclic amines) is 1. The number of methoxy groups -OCH3 is 1. The predicted octanol–water partition coefficient (Wildman–Crippen LogP) is 2.53. The Morgan fingerprint density at radius 3 is 2.48 bits per heavy atom. The highest BCUT2D eigenvalue weighted by Gasteiger charge is 2.28. The van der Waals surface area contributed by atoms with Crippen LogP contribution in [0.3, 0.4) is 0 Å². The molecule has 23 heavy (non-hydrogen) atoms. The van der Waals surface area contributed by atoms with Crippen LogP contribution in [0.5, 0.6) is 0 Å². The summed E-state index contributed by atoms with van der Waals surface area (Å²) < 4.78 is 5.18. The number of amides is 2. The topological polar surface area (TPSA) is 78.9 Å². The third kappa shape index (κ3) is 4.84. The van der Waals surface area contributed by atoms with E-state index < -0.39 is 5.97 Å². The molecule has 1 aromatic carbocycles. The third-order valence-corrected chi connectivity index (χ3v) is 4.29. The fourth-order valence-corrected chi connectivity index (χ4v) is 2.78. The van der Waals surface area contributed by atoms with Gasteiger partial charge in [0.25, 0.3) is 0 Å². The average molecular weight is 341 g/mol. The van der Waals surface area contributed by atoms with Crippen molar-refractivity contribution >= 4 is 23.6 Å². The Morgan fingerprint density at radius 1 is 1.35 bits per heavy atom. The molecule has 0 radical (unpaired) electrons. The van der Waals surface area contributed by atoms with E-state index in [9.17, 15) is 9.59 Å². The van der Waals surface area contributed by atoms with Gasteiger partial charge in [-0.3, -0.25) is 4.79 Å². The number of hydrogen-bond donors (Lipinski definition) is 2. The SMILES string of the molecule is COCC(NC(=O)N1CCC(C(=O)O)CC1)c1ccc(Cl)cc1. The first kappa shape index (κ1) is 17.6. The smallest absolute Gasteiger partial charge is 0.317 e. The summed E-state index contributed by atoms with van der Waals surface area (Å²) in [5, 5.41) is 12.6. The number of halogens is 1. The molecule has 126 valence electrons. The maximum Gasteiger partial charge on any atom is 0.317 e. The number of nitrogens with one attached hydrogen (secondary N) is 1. The number of aliphatic carboxylic acids is 1. The summed E-state index contributed by atoms with van der Waals surface area (Å²) in [6.07, 6.45) is 0.970. The number of carboxylic acids is 1. The Hall–Kier alpha value is -1.79. The third-order valence-electron chi connectivity index (χ3n) is 4.03. The lowest BCUT2D eigenvalue weighted by Crippen LogP contribution is -2.47. The van der Waals surface area contributed by atoms with Gasteiger partial charge in [0.15, 0.2) is 0 Å². The lowest BCUT2D eigenvalue weighted by atomic mass is 9.97. The summed E-state index contributed by atoms with van der Waals surface area (Å²) in [6.45, 7) is 1.24. The molecule has 7 heteroatoms. The van der Waals surface area contributed by atoms with Crippen LogP contribution in [0, 0.1) is 5.92 Å².